The fourth-order valence-corrected chi connectivity index (χ4v) is 4.00. The zero-order valence-electron chi connectivity index (χ0n) is 13.7. The number of thiocarbonyl (C=S) groups is 1. The Hall–Kier alpha value is -1.64. The number of nitrogens with one attached hydrogen (secondary N) is 2. The third-order valence-electron chi connectivity index (χ3n) is 3.30. The van der Waals surface area contributed by atoms with Crippen molar-refractivity contribution in [2.24, 2.45) is 0 Å². The molecule has 0 saturated carbocycles. The summed E-state index contributed by atoms with van der Waals surface area (Å²) in [5.74, 6) is 0.0547. The Bertz CT molecular complexity index is 943. The Morgan fingerprint density at radius 2 is 1.70 bits per heavy atom. The second-order valence-corrected chi connectivity index (χ2v) is 8.48. The van der Waals surface area contributed by atoms with Gasteiger partial charge in [-0.15, -0.1) is 23.1 Å². The van der Waals surface area contributed by atoms with Gasteiger partial charge in [0.05, 0.1) is 11.4 Å². The van der Waals surface area contributed by atoms with Gasteiger partial charge in [0.15, 0.2) is 10.2 Å². The molecule has 0 spiro atoms. The smallest absolute Gasteiger partial charge is 0.236 e. The van der Waals surface area contributed by atoms with Gasteiger partial charge >= 0.3 is 0 Å². The standard InChI is InChI=1S/C18H13Cl2N3OS3/c19-12-3-1-11(2-4-12)15-9-27-18(21-15)23-17(25)22-16(24)10-26-14-7-5-13(20)6-8-14/h1-9H,10H2,(H2,21,22,23,24,25). The van der Waals surface area contributed by atoms with Crippen molar-refractivity contribution in [3.8, 4) is 11.3 Å². The molecule has 27 heavy (non-hydrogen) atoms. The molecule has 0 unspecified atom stereocenters. The van der Waals surface area contributed by atoms with Crippen LogP contribution in [0.15, 0.2) is 58.8 Å². The molecule has 0 aliphatic heterocycles. The second kappa shape index (κ2) is 9.52. The number of amides is 1. The van der Waals surface area contributed by atoms with Crippen molar-refractivity contribution in [3.63, 3.8) is 0 Å². The van der Waals surface area contributed by atoms with E-state index in [1.54, 1.807) is 12.1 Å². The van der Waals surface area contributed by atoms with E-state index in [9.17, 15) is 4.79 Å². The van der Waals surface area contributed by atoms with E-state index >= 15 is 0 Å². The number of thioether (sulfide) groups is 1. The highest BCUT2D eigenvalue weighted by Crippen LogP contribution is 2.26. The highest BCUT2D eigenvalue weighted by atomic mass is 35.5. The fraction of sp³-hybridized carbons (Fsp3) is 0.0556. The first-order valence-corrected chi connectivity index (χ1v) is 10.7. The SMILES string of the molecule is O=C(CSc1ccc(Cl)cc1)NC(=S)Nc1nc(-c2ccc(Cl)cc2)cs1. The number of hydrogen-bond acceptors (Lipinski definition) is 5. The second-order valence-electron chi connectivity index (χ2n) is 5.29. The molecule has 0 radical (unpaired) electrons. The minimum absolute atomic E-state index is 0.193. The number of anilines is 1. The molecule has 0 aliphatic rings. The monoisotopic (exact) mass is 453 g/mol. The lowest BCUT2D eigenvalue weighted by molar-refractivity contribution is -0.117. The van der Waals surface area contributed by atoms with Crippen molar-refractivity contribution in [1.82, 2.24) is 10.3 Å². The number of halogens is 2. The molecule has 2 aromatic carbocycles. The number of carbonyl (C=O) groups is 1. The van der Waals surface area contributed by atoms with Crippen molar-refractivity contribution >= 4 is 74.7 Å². The van der Waals surface area contributed by atoms with Crippen LogP contribution in [0.3, 0.4) is 0 Å². The minimum Gasteiger partial charge on any atom is -0.308 e. The van der Waals surface area contributed by atoms with Crippen LogP contribution in [-0.2, 0) is 4.79 Å². The van der Waals surface area contributed by atoms with Gasteiger partial charge in [-0.3, -0.25) is 4.79 Å². The summed E-state index contributed by atoms with van der Waals surface area (Å²) >= 11 is 19.7. The van der Waals surface area contributed by atoms with Crippen molar-refractivity contribution < 1.29 is 4.79 Å². The minimum atomic E-state index is -0.193. The molecule has 4 nitrogen and oxygen atoms in total. The van der Waals surface area contributed by atoms with Crippen LogP contribution in [0.5, 0.6) is 0 Å². The third kappa shape index (κ3) is 6.19. The summed E-state index contributed by atoms with van der Waals surface area (Å²) in [6.07, 6.45) is 0. The van der Waals surface area contributed by atoms with Crippen LogP contribution in [0.4, 0.5) is 5.13 Å². The van der Waals surface area contributed by atoms with E-state index in [-0.39, 0.29) is 16.8 Å². The number of carbonyl (C=O) groups excluding carboxylic acids is 1. The summed E-state index contributed by atoms with van der Waals surface area (Å²) in [5, 5.41) is 9.65. The van der Waals surface area contributed by atoms with Gasteiger partial charge in [0.2, 0.25) is 5.91 Å². The Kier molecular flexibility index (Phi) is 7.09. The van der Waals surface area contributed by atoms with Crippen LogP contribution >= 0.6 is 58.5 Å². The zero-order chi connectivity index (χ0) is 19.2. The van der Waals surface area contributed by atoms with Gasteiger partial charge in [0.25, 0.3) is 0 Å². The van der Waals surface area contributed by atoms with Gasteiger partial charge in [-0.25, -0.2) is 4.98 Å². The average molecular weight is 454 g/mol. The van der Waals surface area contributed by atoms with Crippen molar-refractivity contribution in [1.29, 1.82) is 0 Å². The van der Waals surface area contributed by atoms with E-state index < -0.39 is 0 Å². The molecule has 1 aromatic heterocycles. The molecule has 3 aromatic rings. The van der Waals surface area contributed by atoms with Crippen molar-refractivity contribution in [3.05, 3.63) is 64.0 Å². The van der Waals surface area contributed by atoms with Gasteiger partial charge < -0.3 is 10.6 Å². The Labute approximate surface area is 180 Å². The van der Waals surface area contributed by atoms with E-state index in [1.807, 2.05) is 41.8 Å². The summed E-state index contributed by atoms with van der Waals surface area (Å²) < 4.78 is 0. The maximum atomic E-state index is 12.0. The average Bonchev–Trinajstić information content (AvgIpc) is 3.10. The largest absolute Gasteiger partial charge is 0.308 e. The van der Waals surface area contributed by atoms with Gasteiger partial charge in [-0.2, -0.15) is 0 Å². The number of benzene rings is 2. The first-order chi connectivity index (χ1) is 13.0. The third-order valence-corrected chi connectivity index (χ3v) is 5.78. The summed E-state index contributed by atoms with van der Waals surface area (Å²) in [6.45, 7) is 0. The molecule has 0 aliphatic carbocycles. The maximum absolute atomic E-state index is 12.0. The number of aromatic nitrogens is 1. The first kappa shape index (κ1) is 20.1. The Morgan fingerprint density at radius 1 is 1.07 bits per heavy atom. The van der Waals surface area contributed by atoms with Crippen LogP contribution < -0.4 is 10.6 Å². The molecule has 9 heteroatoms. The Morgan fingerprint density at radius 3 is 2.37 bits per heavy atom. The molecule has 0 fully saturated rings. The van der Waals surface area contributed by atoms with E-state index in [4.69, 9.17) is 35.4 Å². The highest BCUT2D eigenvalue weighted by Gasteiger charge is 2.09. The molecule has 3 rings (SSSR count). The fourth-order valence-electron chi connectivity index (χ4n) is 2.06. The molecular weight excluding hydrogens is 441 g/mol. The summed E-state index contributed by atoms with van der Waals surface area (Å²) in [5.41, 5.74) is 1.77. The van der Waals surface area contributed by atoms with E-state index in [0.29, 0.717) is 15.2 Å². The molecule has 0 bridgehead atoms. The van der Waals surface area contributed by atoms with E-state index in [1.165, 1.54) is 23.1 Å². The number of thiazole rings is 1. The first-order valence-electron chi connectivity index (χ1n) is 7.70. The summed E-state index contributed by atoms with van der Waals surface area (Å²) in [7, 11) is 0. The van der Waals surface area contributed by atoms with Gasteiger partial charge in [0, 0.05) is 25.9 Å². The van der Waals surface area contributed by atoms with Crippen LogP contribution in [0.25, 0.3) is 11.3 Å². The van der Waals surface area contributed by atoms with Crippen LogP contribution in [0.1, 0.15) is 0 Å². The van der Waals surface area contributed by atoms with E-state index in [0.717, 1.165) is 16.2 Å². The highest BCUT2D eigenvalue weighted by molar-refractivity contribution is 8.00. The molecule has 1 heterocycles. The lowest BCUT2D eigenvalue weighted by Gasteiger charge is -2.07. The maximum Gasteiger partial charge on any atom is 0.236 e. The van der Waals surface area contributed by atoms with Crippen molar-refractivity contribution in [2.75, 3.05) is 11.1 Å². The molecule has 1 amide bonds. The normalized spacial score (nSPS) is 10.4. The number of nitrogens with zero attached hydrogens (tertiary/aromatic N) is 1. The Balaban J connectivity index is 1.49. The zero-order valence-corrected chi connectivity index (χ0v) is 17.7. The lowest BCUT2D eigenvalue weighted by atomic mass is 10.2. The van der Waals surface area contributed by atoms with Gasteiger partial charge in [0.1, 0.15) is 0 Å². The van der Waals surface area contributed by atoms with Crippen molar-refractivity contribution in [2.45, 2.75) is 4.90 Å². The van der Waals surface area contributed by atoms with Crippen LogP contribution in [0.2, 0.25) is 10.0 Å². The molecule has 138 valence electrons. The number of rotatable bonds is 5. The molecule has 2 N–H and O–H groups in total. The van der Waals surface area contributed by atoms with Gasteiger partial charge in [-0.05, 0) is 48.6 Å². The topological polar surface area (TPSA) is 54.0 Å². The molecular formula is C18H13Cl2N3OS3. The van der Waals surface area contributed by atoms with Gasteiger partial charge in [-0.1, -0.05) is 35.3 Å². The summed E-state index contributed by atoms with van der Waals surface area (Å²) in [6, 6.07) is 14.7. The number of hydrogen-bond donors (Lipinski definition) is 2. The predicted molar refractivity (Wildman–Crippen MR) is 119 cm³/mol. The van der Waals surface area contributed by atoms with E-state index in [2.05, 4.69) is 15.6 Å². The predicted octanol–water partition coefficient (Wildman–Crippen LogP) is 5.72. The van der Waals surface area contributed by atoms with Crippen LogP contribution in [0, 0.1) is 0 Å². The molecule has 0 atom stereocenters. The molecule has 0 saturated heterocycles. The summed E-state index contributed by atoms with van der Waals surface area (Å²) in [4.78, 5) is 17.5. The van der Waals surface area contributed by atoms with Crippen LogP contribution in [-0.4, -0.2) is 21.8 Å². The quantitative estimate of drug-likeness (QED) is 0.381. The lowest BCUT2D eigenvalue weighted by Crippen LogP contribution is -2.35.